The molecular formula is C11H17N3O. The van der Waals surface area contributed by atoms with Crippen LogP contribution < -0.4 is 5.73 Å². The third-order valence-corrected chi connectivity index (χ3v) is 3.72. The minimum atomic E-state index is 0.0917. The van der Waals surface area contributed by atoms with E-state index < -0.39 is 0 Å². The molecule has 4 nitrogen and oxygen atoms in total. The summed E-state index contributed by atoms with van der Waals surface area (Å²) < 4.78 is 7.64. The number of rotatable bonds is 2. The van der Waals surface area contributed by atoms with Gasteiger partial charge in [0.25, 0.3) is 0 Å². The normalized spacial score (nSPS) is 36.0. The van der Waals surface area contributed by atoms with Gasteiger partial charge in [0.05, 0.1) is 18.4 Å². The van der Waals surface area contributed by atoms with E-state index in [1.807, 2.05) is 24.1 Å². The van der Waals surface area contributed by atoms with Gasteiger partial charge in [-0.3, -0.25) is 4.68 Å². The van der Waals surface area contributed by atoms with Crippen molar-refractivity contribution in [2.45, 2.75) is 37.5 Å². The van der Waals surface area contributed by atoms with Crippen molar-refractivity contribution in [3.63, 3.8) is 0 Å². The number of nitrogens with two attached hydrogens (primary N) is 1. The van der Waals surface area contributed by atoms with E-state index in [-0.39, 0.29) is 6.04 Å². The number of nitrogens with zero attached hydrogens (tertiary/aromatic N) is 2. The summed E-state index contributed by atoms with van der Waals surface area (Å²) in [6.07, 6.45) is 8.28. The summed E-state index contributed by atoms with van der Waals surface area (Å²) in [7, 11) is 1.92. The average Bonchev–Trinajstić information content (AvgIpc) is 2.90. The molecule has 2 bridgehead atoms. The van der Waals surface area contributed by atoms with Crippen molar-refractivity contribution >= 4 is 0 Å². The molecule has 2 fully saturated rings. The molecule has 0 spiro atoms. The van der Waals surface area contributed by atoms with Crippen LogP contribution in [0.25, 0.3) is 0 Å². The maximum atomic E-state index is 6.27. The van der Waals surface area contributed by atoms with Crippen molar-refractivity contribution < 1.29 is 4.74 Å². The molecule has 2 N–H and O–H groups in total. The van der Waals surface area contributed by atoms with Gasteiger partial charge in [0, 0.05) is 30.8 Å². The molecule has 3 rings (SSSR count). The first-order valence-corrected chi connectivity index (χ1v) is 5.63. The van der Waals surface area contributed by atoms with Gasteiger partial charge in [0.2, 0.25) is 0 Å². The van der Waals surface area contributed by atoms with Crippen molar-refractivity contribution in [1.82, 2.24) is 9.78 Å². The molecule has 2 saturated heterocycles. The molecular weight excluding hydrogens is 190 g/mol. The van der Waals surface area contributed by atoms with Crippen molar-refractivity contribution in [2.24, 2.45) is 18.7 Å². The highest BCUT2D eigenvalue weighted by Crippen LogP contribution is 2.43. The monoisotopic (exact) mass is 207 g/mol. The highest BCUT2D eigenvalue weighted by Gasteiger charge is 2.43. The van der Waals surface area contributed by atoms with Gasteiger partial charge >= 0.3 is 0 Å². The van der Waals surface area contributed by atoms with Crippen molar-refractivity contribution in [3.8, 4) is 0 Å². The van der Waals surface area contributed by atoms with E-state index in [1.54, 1.807) is 0 Å². The third kappa shape index (κ3) is 1.48. The predicted octanol–water partition coefficient (Wildman–Crippen LogP) is 0.987. The van der Waals surface area contributed by atoms with Crippen molar-refractivity contribution in [3.05, 3.63) is 18.0 Å². The van der Waals surface area contributed by atoms with E-state index in [4.69, 9.17) is 10.5 Å². The molecule has 2 aliphatic rings. The lowest BCUT2D eigenvalue weighted by Gasteiger charge is -2.24. The average molecular weight is 207 g/mol. The van der Waals surface area contributed by atoms with E-state index in [1.165, 1.54) is 12.8 Å². The van der Waals surface area contributed by atoms with Crippen LogP contribution in [0.2, 0.25) is 0 Å². The zero-order valence-electron chi connectivity index (χ0n) is 8.97. The minimum Gasteiger partial charge on any atom is -0.375 e. The summed E-state index contributed by atoms with van der Waals surface area (Å²) in [6.45, 7) is 0. The van der Waals surface area contributed by atoms with E-state index in [0.29, 0.717) is 18.1 Å². The van der Waals surface area contributed by atoms with Crippen LogP contribution >= 0.6 is 0 Å². The predicted molar refractivity (Wildman–Crippen MR) is 56.1 cm³/mol. The zero-order valence-corrected chi connectivity index (χ0v) is 8.97. The zero-order chi connectivity index (χ0) is 10.4. The minimum absolute atomic E-state index is 0.0917. The van der Waals surface area contributed by atoms with Gasteiger partial charge in [0.15, 0.2) is 0 Å². The quantitative estimate of drug-likeness (QED) is 0.786. The van der Waals surface area contributed by atoms with Crippen LogP contribution in [-0.2, 0) is 11.8 Å². The molecule has 2 aliphatic heterocycles. The fraction of sp³-hybridized carbons (Fsp3) is 0.727. The first-order valence-electron chi connectivity index (χ1n) is 5.63. The Balaban J connectivity index is 1.77. The van der Waals surface area contributed by atoms with Gasteiger partial charge in [-0.05, 0) is 19.3 Å². The summed E-state index contributed by atoms with van der Waals surface area (Å²) >= 11 is 0. The van der Waals surface area contributed by atoms with Crippen molar-refractivity contribution in [2.75, 3.05) is 0 Å². The Labute approximate surface area is 89.4 Å². The number of fused-ring (bicyclic) bond motifs is 2. The van der Waals surface area contributed by atoms with Gasteiger partial charge in [-0.2, -0.15) is 5.10 Å². The highest BCUT2D eigenvalue weighted by atomic mass is 16.5. The second-order valence-electron chi connectivity index (χ2n) is 4.75. The lowest BCUT2D eigenvalue weighted by atomic mass is 9.82. The van der Waals surface area contributed by atoms with Crippen LogP contribution in [0.1, 0.15) is 30.9 Å². The number of hydrogen-bond acceptors (Lipinski definition) is 3. The molecule has 4 unspecified atom stereocenters. The Morgan fingerprint density at radius 1 is 1.60 bits per heavy atom. The van der Waals surface area contributed by atoms with Crippen molar-refractivity contribution in [1.29, 1.82) is 0 Å². The number of aromatic nitrogens is 2. The number of hydrogen-bond donors (Lipinski definition) is 1. The summed E-state index contributed by atoms with van der Waals surface area (Å²) in [6, 6.07) is 0.0917. The van der Waals surface area contributed by atoms with Crippen LogP contribution in [0.3, 0.4) is 0 Å². The molecule has 3 heterocycles. The van der Waals surface area contributed by atoms with E-state index in [2.05, 4.69) is 5.10 Å². The van der Waals surface area contributed by atoms with Crippen LogP contribution in [-0.4, -0.2) is 22.0 Å². The molecule has 0 aromatic carbocycles. The summed E-state index contributed by atoms with van der Waals surface area (Å²) in [5.41, 5.74) is 7.40. The topological polar surface area (TPSA) is 53.1 Å². The summed E-state index contributed by atoms with van der Waals surface area (Å²) in [5.74, 6) is 0.493. The fourth-order valence-electron chi connectivity index (χ4n) is 2.91. The maximum Gasteiger partial charge on any atom is 0.0627 e. The molecule has 1 aromatic heterocycles. The SMILES string of the molecule is Cn1cc(C(N)C2CC3CCC2O3)cn1. The Kier molecular flexibility index (Phi) is 2.07. The first-order chi connectivity index (χ1) is 7.24. The second kappa shape index (κ2) is 3.32. The molecule has 82 valence electrons. The van der Waals surface area contributed by atoms with Crippen LogP contribution in [0, 0.1) is 5.92 Å². The lowest BCUT2D eigenvalue weighted by Crippen LogP contribution is -2.29. The Morgan fingerprint density at radius 2 is 2.47 bits per heavy atom. The first kappa shape index (κ1) is 9.36. The fourth-order valence-corrected chi connectivity index (χ4v) is 2.91. The second-order valence-corrected chi connectivity index (χ2v) is 4.75. The summed E-state index contributed by atoms with van der Waals surface area (Å²) in [5, 5.41) is 4.17. The largest absolute Gasteiger partial charge is 0.375 e. The van der Waals surface area contributed by atoms with Gasteiger partial charge in [-0.1, -0.05) is 0 Å². The highest BCUT2D eigenvalue weighted by molar-refractivity contribution is 5.13. The molecule has 15 heavy (non-hydrogen) atoms. The van der Waals surface area contributed by atoms with E-state index in [0.717, 1.165) is 12.0 Å². The molecule has 4 atom stereocenters. The Morgan fingerprint density at radius 3 is 3.00 bits per heavy atom. The smallest absolute Gasteiger partial charge is 0.0627 e. The van der Waals surface area contributed by atoms with Gasteiger partial charge in [-0.25, -0.2) is 0 Å². The molecule has 0 saturated carbocycles. The van der Waals surface area contributed by atoms with Gasteiger partial charge < -0.3 is 10.5 Å². The Hall–Kier alpha value is -0.870. The van der Waals surface area contributed by atoms with Crippen LogP contribution in [0.4, 0.5) is 0 Å². The van der Waals surface area contributed by atoms with Gasteiger partial charge in [0.1, 0.15) is 0 Å². The molecule has 4 heteroatoms. The molecule has 0 radical (unpaired) electrons. The maximum absolute atomic E-state index is 6.27. The summed E-state index contributed by atoms with van der Waals surface area (Å²) in [4.78, 5) is 0. The molecule has 0 amide bonds. The van der Waals surface area contributed by atoms with E-state index in [9.17, 15) is 0 Å². The number of aryl methyl sites for hydroxylation is 1. The van der Waals surface area contributed by atoms with E-state index >= 15 is 0 Å². The van der Waals surface area contributed by atoms with Crippen LogP contribution in [0.15, 0.2) is 12.4 Å². The Bertz CT molecular complexity index is 362. The number of ether oxygens (including phenoxy) is 1. The van der Waals surface area contributed by atoms with Crippen LogP contribution in [0.5, 0.6) is 0 Å². The third-order valence-electron chi connectivity index (χ3n) is 3.72. The molecule has 1 aromatic rings. The standard InChI is InChI=1S/C11H17N3O/c1-14-6-7(5-13-14)11(12)9-4-8-2-3-10(9)15-8/h5-6,8-11H,2-4,12H2,1H3. The molecule has 0 aliphatic carbocycles. The lowest BCUT2D eigenvalue weighted by molar-refractivity contribution is 0.0885. The van der Waals surface area contributed by atoms with Gasteiger partial charge in [-0.15, -0.1) is 0 Å².